The Balaban J connectivity index is 1.60. The van der Waals surface area contributed by atoms with Gasteiger partial charge in [0.05, 0.1) is 16.9 Å². The van der Waals surface area contributed by atoms with Gasteiger partial charge in [-0.15, -0.1) is 5.23 Å². The van der Waals surface area contributed by atoms with Crippen molar-refractivity contribution in [1.29, 1.82) is 0 Å². The van der Waals surface area contributed by atoms with E-state index in [1.165, 1.54) is 11.1 Å². The first-order chi connectivity index (χ1) is 16.5. The minimum atomic E-state index is -0.420. The van der Waals surface area contributed by atoms with Crippen molar-refractivity contribution >= 4 is 18.3 Å². The van der Waals surface area contributed by atoms with E-state index in [-0.39, 0.29) is 23.7 Å². The first-order valence-corrected chi connectivity index (χ1v) is 13.2. The molecule has 0 spiro atoms. The molecule has 5 nitrogen and oxygen atoms in total. The number of hydrogen-bond donors (Lipinski definition) is 0. The van der Waals surface area contributed by atoms with Crippen LogP contribution < -0.4 is 10.7 Å². The molecule has 1 unspecified atom stereocenters. The lowest BCUT2D eigenvalue weighted by atomic mass is 9.69. The van der Waals surface area contributed by atoms with Gasteiger partial charge in [-0.2, -0.15) is 0 Å². The highest BCUT2D eigenvalue weighted by atomic mass is 17.0. The smallest absolute Gasteiger partial charge is 0.399 e. The second-order valence-electron chi connectivity index (χ2n) is 13.1. The molecule has 2 aromatic carbocycles. The molecule has 0 radical (unpaired) electrons. The number of benzene rings is 2. The molecule has 0 saturated carbocycles. The zero-order chi connectivity index (χ0) is 26.7. The van der Waals surface area contributed by atoms with Crippen LogP contribution in [0.2, 0.25) is 0 Å². The van der Waals surface area contributed by atoms with Crippen LogP contribution in [0.3, 0.4) is 0 Å². The zero-order valence-electron chi connectivity index (χ0n) is 24.1. The summed E-state index contributed by atoms with van der Waals surface area (Å²) in [5, 5.41) is 1.56. The SMILES string of the molecule is CC(C)CC(C)(c1ccc(B2OC(C)(C)C(C)(C)O2)cc1)c1ccc(N2OC(C)(C)C(C)(C)O2)cc1. The molecular weight excluding hydrogens is 449 g/mol. The summed E-state index contributed by atoms with van der Waals surface area (Å²) in [6.45, 7) is 23.4. The van der Waals surface area contributed by atoms with Gasteiger partial charge in [0.1, 0.15) is 11.2 Å². The lowest BCUT2D eigenvalue weighted by Crippen LogP contribution is -2.41. The minimum absolute atomic E-state index is 0.146. The Labute approximate surface area is 218 Å². The predicted octanol–water partition coefficient (Wildman–Crippen LogP) is 6.58. The summed E-state index contributed by atoms with van der Waals surface area (Å²) in [5.41, 5.74) is 2.80. The fourth-order valence-electron chi connectivity index (χ4n) is 4.92. The van der Waals surface area contributed by atoms with E-state index in [2.05, 4.69) is 97.0 Å². The van der Waals surface area contributed by atoms with Gasteiger partial charge in [-0.3, -0.25) is 0 Å². The van der Waals surface area contributed by atoms with Crippen LogP contribution in [0.4, 0.5) is 5.69 Å². The lowest BCUT2D eigenvalue weighted by Gasteiger charge is -2.33. The summed E-state index contributed by atoms with van der Waals surface area (Å²) in [7, 11) is -0.353. The second kappa shape index (κ2) is 8.87. The van der Waals surface area contributed by atoms with E-state index in [1.807, 2.05) is 27.7 Å². The first-order valence-electron chi connectivity index (χ1n) is 13.2. The van der Waals surface area contributed by atoms with E-state index in [9.17, 15) is 0 Å². The molecule has 2 heterocycles. The van der Waals surface area contributed by atoms with Crippen molar-refractivity contribution in [2.24, 2.45) is 5.92 Å². The third-order valence-corrected chi connectivity index (χ3v) is 8.68. The monoisotopic (exact) mass is 493 g/mol. The second-order valence-corrected chi connectivity index (χ2v) is 13.1. The lowest BCUT2D eigenvalue weighted by molar-refractivity contribution is -0.0273. The number of nitrogens with zero attached hydrogens (tertiary/aromatic N) is 1. The van der Waals surface area contributed by atoms with Crippen molar-refractivity contribution in [3.63, 3.8) is 0 Å². The van der Waals surface area contributed by atoms with Gasteiger partial charge in [0.15, 0.2) is 0 Å². The Hall–Kier alpha value is -1.86. The Morgan fingerprint density at radius 2 is 1.11 bits per heavy atom. The normalized spacial score (nSPS) is 23.8. The van der Waals surface area contributed by atoms with E-state index in [4.69, 9.17) is 19.0 Å². The maximum atomic E-state index is 6.27. The number of anilines is 1. The van der Waals surface area contributed by atoms with E-state index in [0.29, 0.717) is 5.92 Å². The topological polar surface area (TPSA) is 40.2 Å². The zero-order valence-corrected chi connectivity index (χ0v) is 24.1. The summed E-state index contributed by atoms with van der Waals surface area (Å²) in [6, 6.07) is 17.3. The van der Waals surface area contributed by atoms with Crippen LogP contribution >= 0.6 is 0 Å². The van der Waals surface area contributed by atoms with Gasteiger partial charge in [-0.25, -0.2) is 9.68 Å². The van der Waals surface area contributed by atoms with Gasteiger partial charge in [-0.1, -0.05) is 57.2 Å². The Morgan fingerprint density at radius 3 is 1.53 bits per heavy atom. The Bertz CT molecular complexity index is 962. The third-order valence-electron chi connectivity index (χ3n) is 8.68. The van der Waals surface area contributed by atoms with Gasteiger partial charge >= 0.3 is 7.12 Å². The molecule has 0 amide bonds. The van der Waals surface area contributed by atoms with Crippen LogP contribution in [-0.2, 0) is 24.4 Å². The van der Waals surface area contributed by atoms with Crippen molar-refractivity contribution < 1.29 is 19.0 Å². The molecule has 1 atom stereocenters. The van der Waals surface area contributed by atoms with E-state index in [1.54, 1.807) is 5.23 Å². The molecule has 196 valence electrons. The summed E-state index contributed by atoms with van der Waals surface area (Å²) in [6.07, 6.45) is 1.03. The number of rotatable bonds is 6. The number of hydrogen-bond acceptors (Lipinski definition) is 5. The average molecular weight is 493 g/mol. The average Bonchev–Trinajstić information content (AvgIpc) is 3.13. The van der Waals surface area contributed by atoms with Crippen LogP contribution in [0.25, 0.3) is 0 Å². The van der Waals surface area contributed by atoms with Gasteiger partial charge < -0.3 is 9.31 Å². The molecule has 0 aliphatic carbocycles. The quantitative estimate of drug-likeness (QED) is 0.425. The third kappa shape index (κ3) is 4.74. The molecule has 2 fully saturated rings. The fourth-order valence-corrected chi connectivity index (χ4v) is 4.92. The predicted molar refractivity (Wildman–Crippen MR) is 147 cm³/mol. The molecule has 36 heavy (non-hydrogen) atoms. The molecule has 0 N–H and O–H groups in total. The molecule has 0 aromatic heterocycles. The molecule has 2 saturated heterocycles. The van der Waals surface area contributed by atoms with Crippen LogP contribution in [0.15, 0.2) is 48.5 Å². The van der Waals surface area contributed by atoms with Gasteiger partial charge in [0, 0.05) is 5.41 Å². The van der Waals surface area contributed by atoms with Crippen molar-refractivity contribution in [1.82, 2.24) is 0 Å². The molecule has 4 rings (SSSR count). The van der Waals surface area contributed by atoms with Crippen molar-refractivity contribution in [2.75, 3.05) is 5.23 Å². The minimum Gasteiger partial charge on any atom is -0.399 e. The largest absolute Gasteiger partial charge is 0.494 e. The van der Waals surface area contributed by atoms with Crippen molar-refractivity contribution in [3.05, 3.63) is 59.7 Å². The maximum Gasteiger partial charge on any atom is 0.494 e. The molecule has 0 bridgehead atoms. The summed E-state index contributed by atoms with van der Waals surface area (Å²) in [5.74, 6) is 0.532. The highest BCUT2D eigenvalue weighted by molar-refractivity contribution is 6.62. The fraction of sp³-hybridized carbons (Fsp3) is 0.600. The summed E-state index contributed by atoms with van der Waals surface area (Å²) < 4.78 is 12.5. The van der Waals surface area contributed by atoms with Crippen molar-refractivity contribution in [3.8, 4) is 0 Å². The van der Waals surface area contributed by atoms with E-state index < -0.39 is 11.2 Å². The molecule has 6 heteroatoms. The highest BCUT2D eigenvalue weighted by Crippen LogP contribution is 2.42. The van der Waals surface area contributed by atoms with Crippen LogP contribution in [0.5, 0.6) is 0 Å². The van der Waals surface area contributed by atoms with Gasteiger partial charge in [0.2, 0.25) is 0 Å². The molecular formula is C30H44BNO4. The molecule has 2 aliphatic rings. The van der Waals surface area contributed by atoms with Gasteiger partial charge in [-0.05, 0) is 96.5 Å². The standard InChI is InChI=1S/C30H44BNO4/c1-21(2)20-30(11,22-12-16-24(17-13-22)31-33-26(3,4)27(5,6)34-31)23-14-18-25(19-15-23)32-35-28(7,8)29(9,10)36-32/h12-19,21H,20H2,1-11H3. The molecule has 2 aliphatic heterocycles. The maximum absolute atomic E-state index is 6.27. The van der Waals surface area contributed by atoms with E-state index in [0.717, 1.165) is 17.6 Å². The highest BCUT2D eigenvalue weighted by Gasteiger charge is 2.52. The summed E-state index contributed by atoms with van der Waals surface area (Å²) in [4.78, 5) is 12.2. The van der Waals surface area contributed by atoms with Gasteiger partial charge in [0.25, 0.3) is 0 Å². The Morgan fingerprint density at radius 1 is 0.694 bits per heavy atom. The van der Waals surface area contributed by atoms with Crippen LogP contribution in [0, 0.1) is 5.92 Å². The Kier molecular flexibility index (Phi) is 6.70. The van der Waals surface area contributed by atoms with Crippen LogP contribution in [-0.4, -0.2) is 29.5 Å². The summed E-state index contributed by atoms with van der Waals surface area (Å²) >= 11 is 0. The first kappa shape index (κ1) is 27.2. The van der Waals surface area contributed by atoms with Crippen molar-refractivity contribution in [2.45, 2.75) is 110 Å². The molecule has 2 aromatic rings. The van der Waals surface area contributed by atoms with Crippen LogP contribution in [0.1, 0.15) is 93.7 Å². The van der Waals surface area contributed by atoms with E-state index >= 15 is 0 Å².